The normalized spacial score (nSPS) is 13.6. The summed E-state index contributed by atoms with van der Waals surface area (Å²) in [5.74, 6) is -5.23. The minimum Gasteiger partial charge on any atom is -0.493 e. The molecule has 0 aliphatic heterocycles. The zero-order chi connectivity index (χ0) is 36.8. The van der Waals surface area contributed by atoms with E-state index < -0.39 is 60.6 Å². The number of aromatic nitrogens is 4. The van der Waals surface area contributed by atoms with E-state index in [1.165, 1.54) is 36.4 Å². The maximum atomic E-state index is 12.9. The summed E-state index contributed by atoms with van der Waals surface area (Å²) in [7, 11) is 0. The van der Waals surface area contributed by atoms with Crippen molar-refractivity contribution in [2.75, 3.05) is 29.1 Å². The number of nitrogens with zero attached hydrogens (tertiary/aromatic N) is 4. The molecule has 3 amide bonds. The molecular weight excluding hydrogens is 703 g/mol. The van der Waals surface area contributed by atoms with E-state index in [2.05, 4.69) is 46.5 Å². The number of carboxylic acids is 1. The van der Waals surface area contributed by atoms with Gasteiger partial charge in [-0.05, 0) is 60.9 Å². The molecule has 0 radical (unpaired) electrons. The molecule has 20 heteroatoms. The summed E-state index contributed by atoms with van der Waals surface area (Å²) in [4.78, 5) is 64.6. The van der Waals surface area contributed by atoms with Crippen LogP contribution in [0.25, 0.3) is 0 Å². The highest BCUT2D eigenvalue weighted by atomic mass is 35.5. The molecule has 1 atom stereocenters. The number of benzene rings is 2. The van der Waals surface area contributed by atoms with E-state index in [4.69, 9.17) is 16.3 Å². The molecule has 51 heavy (non-hydrogen) atoms. The summed E-state index contributed by atoms with van der Waals surface area (Å²) in [6.07, 6.45) is -2.18. The molecular formula is C31H27ClF3N9O7. The lowest BCUT2D eigenvalue weighted by molar-refractivity contribution is -0.154. The van der Waals surface area contributed by atoms with E-state index >= 15 is 0 Å². The second kappa shape index (κ2) is 15.1. The number of hydrogen-bond acceptors (Lipinski definition) is 12. The number of anilines is 4. The van der Waals surface area contributed by atoms with Crippen LogP contribution in [0.15, 0.2) is 66.9 Å². The third-order valence-corrected chi connectivity index (χ3v) is 7.42. The van der Waals surface area contributed by atoms with Gasteiger partial charge in [0.05, 0.1) is 17.4 Å². The number of pyridine rings is 1. The van der Waals surface area contributed by atoms with Crippen molar-refractivity contribution in [1.82, 2.24) is 30.6 Å². The molecule has 4 aromatic rings. The van der Waals surface area contributed by atoms with Crippen LogP contribution < -0.4 is 31.3 Å². The molecule has 5 rings (SSSR count). The highest BCUT2D eigenvalue weighted by Gasteiger charge is 2.45. The van der Waals surface area contributed by atoms with Crippen molar-refractivity contribution in [1.29, 1.82) is 0 Å². The number of carbonyl (C=O) groups excluding carboxylic acids is 3. The van der Waals surface area contributed by atoms with Crippen LogP contribution in [-0.2, 0) is 19.9 Å². The molecule has 1 aliphatic carbocycles. The van der Waals surface area contributed by atoms with Gasteiger partial charge in [-0.2, -0.15) is 28.1 Å². The average molecular weight is 730 g/mol. The molecule has 266 valence electrons. The number of amides is 3. The van der Waals surface area contributed by atoms with Crippen molar-refractivity contribution in [2.45, 2.75) is 30.6 Å². The molecule has 0 bridgehead atoms. The number of carboxylic acid groups (broad SMARTS) is 1. The first kappa shape index (κ1) is 36.1. The molecule has 1 fully saturated rings. The van der Waals surface area contributed by atoms with Gasteiger partial charge >= 0.3 is 30.0 Å². The third kappa shape index (κ3) is 10.1. The monoisotopic (exact) mass is 729 g/mol. The van der Waals surface area contributed by atoms with Gasteiger partial charge in [-0.3, -0.25) is 14.4 Å². The molecule has 1 aliphatic rings. The Balaban J connectivity index is 1.22. The fourth-order valence-corrected chi connectivity index (χ4v) is 4.60. The second-order valence-electron chi connectivity index (χ2n) is 11.0. The van der Waals surface area contributed by atoms with Gasteiger partial charge in [0, 0.05) is 28.9 Å². The predicted molar refractivity (Wildman–Crippen MR) is 174 cm³/mol. The Labute approximate surface area is 290 Å². The van der Waals surface area contributed by atoms with Gasteiger partial charge in [0.1, 0.15) is 6.04 Å². The van der Waals surface area contributed by atoms with E-state index in [1.807, 2.05) is 12.1 Å². The number of aromatic hydroxyl groups is 1. The summed E-state index contributed by atoms with van der Waals surface area (Å²) < 4.78 is 43.5. The van der Waals surface area contributed by atoms with Gasteiger partial charge < -0.3 is 41.5 Å². The summed E-state index contributed by atoms with van der Waals surface area (Å²) in [6, 6.07) is 12.7. The number of hydrogen-bond donors (Lipinski definition) is 7. The zero-order valence-electron chi connectivity index (χ0n) is 26.0. The van der Waals surface area contributed by atoms with Crippen molar-refractivity contribution < 1.29 is 47.3 Å². The Kier molecular flexibility index (Phi) is 10.7. The van der Waals surface area contributed by atoms with E-state index in [1.54, 1.807) is 12.1 Å². The van der Waals surface area contributed by atoms with Crippen LogP contribution in [0.3, 0.4) is 0 Å². The molecule has 1 saturated carbocycles. The number of ether oxygens (including phenoxy) is 1. The van der Waals surface area contributed by atoms with Gasteiger partial charge in [-0.15, -0.1) is 0 Å². The van der Waals surface area contributed by atoms with Crippen LogP contribution in [0.4, 0.5) is 36.4 Å². The largest absolute Gasteiger partial charge is 0.493 e. The van der Waals surface area contributed by atoms with Crippen molar-refractivity contribution >= 4 is 58.6 Å². The van der Waals surface area contributed by atoms with E-state index in [0.717, 1.165) is 11.8 Å². The van der Waals surface area contributed by atoms with Gasteiger partial charge in [-0.1, -0.05) is 23.7 Å². The lowest BCUT2D eigenvalue weighted by Crippen LogP contribution is -2.50. The first-order valence-corrected chi connectivity index (χ1v) is 15.2. The molecule has 0 spiro atoms. The number of alkyl halides is 3. The first-order chi connectivity index (χ1) is 24.2. The Morgan fingerprint density at radius 1 is 0.902 bits per heavy atom. The molecule has 2 aromatic heterocycles. The molecule has 16 nitrogen and oxygen atoms in total. The Bertz CT molecular complexity index is 1910. The first-order valence-electron chi connectivity index (χ1n) is 14.8. The van der Waals surface area contributed by atoms with Crippen LogP contribution in [-0.4, -0.2) is 79.2 Å². The van der Waals surface area contributed by atoms with Gasteiger partial charge in [-0.25, -0.2) is 9.78 Å². The topological polar surface area (TPSA) is 230 Å². The maximum absolute atomic E-state index is 12.9. The SMILES string of the molecule is O=C(NC[C@H](NC(=O)c1ccc(Nc2nc(NC3(c4ccc(Cl)cc4)CC3)nc(OCC(F)(F)F)n2)cc1)C(=O)O)C(=O)Nc1ccc(O)nc1. The van der Waals surface area contributed by atoms with Gasteiger partial charge in [0.25, 0.3) is 5.91 Å². The summed E-state index contributed by atoms with van der Waals surface area (Å²) in [6.45, 7) is -2.29. The van der Waals surface area contributed by atoms with Crippen LogP contribution in [0.1, 0.15) is 28.8 Å². The molecule has 0 saturated heterocycles. The van der Waals surface area contributed by atoms with E-state index in [-0.39, 0.29) is 29.0 Å². The number of carbonyl (C=O) groups is 4. The predicted octanol–water partition coefficient (Wildman–Crippen LogP) is 3.35. The van der Waals surface area contributed by atoms with Crippen LogP contribution in [0.2, 0.25) is 5.02 Å². The summed E-state index contributed by atoms with van der Waals surface area (Å²) in [5, 5.41) is 31.8. The highest BCUT2D eigenvalue weighted by Crippen LogP contribution is 2.48. The lowest BCUT2D eigenvalue weighted by atomic mass is 10.1. The van der Waals surface area contributed by atoms with E-state index in [9.17, 15) is 42.6 Å². The molecule has 2 aromatic carbocycles. The molecule has 2 heterocycles. The molecule has 7 N–H and O–H groups in total. The minimum atomic E-state index is -4.66. The number of rotatable bonds is 13. The quantitative estimate of drug-likeness (QED) is 0.0981. The minimum absolute atomic E-state index is 0.00143. The Morgan fingerprint density at radius 2 is 1.57 bits per heavy atom. The third-order valence-electron chi connectivity index (χ3n) is 7.16. The fourth-order valence-electron chi connectivity index (χ4n) is 4.47. The van der Waals surface area contributed by atoms with Gasteiger partial charge in [0.2, 0.25) is 17.8 Å². The second-order valence-corrected chi connectivity index (χ2v) is 11.5. The van der Waals surface area contributed by atoms with Crippen molar-refractivity contribution in [2.24, 2.45) is 0 Å². The fraction of sp³-hybridized carbons (Fsp3) is 0.226. The van der Waals surface area contributed by atoms with Crippen LogP contribution in [0.5, 0.6) is 11.9 Å². The average Bonchev–Trinajstić information content (AvgIpc) is 3.86. The summed E-state index contributed by atoms with van der Waals surface area (Å²) >= 11 is 6.00. The van der Waals surface area contributed by atoms with Crippen LogP contribution >= 0.6 is 11.6 Å². The van der Waals surface area contributed by atoms with Gasteiger partial charge in [0.15, 0.2) is 6.61 Å². The standard InChI is InChI=1S/C31H27ClF3N9O7/c32-18-5-3-17(4-6-18)30(11-12-30)44-28-41-27(42-29(43-28)51-15-31(33,34)35)39-19-7-1-16(2-8-19)23(46)40-21(26(49)50)14-37-24(47)25(48)38-20-9-10-22(45)36-13-20/h1-10,13,21H,11-12,14-15H2,(H,36,45)(H,37,47)(H,38,48)(H,40,46)(H,49,50)(H2,39,41,42,43,44)/t21-/m0/s1. The van der Waals surface area contributed by atoms with Crippen molar-refractivity contribution in [3.63, 3.8) is 0 Å². The number of nitrogens with one attached hydrogen (secondary N) is 5. The van der Waals surface area contributed by atoms with Crippen LogP contribution in [0, 0.1) is 0 Å². The molecule has 0 unspecified atom stereocenters. The lowest BCUT2D eigenvalue weighted by Gasteiger charge is -2.19. The zero-order valence-corrected chi connectivity index (χ0v) is 26.7. The smallest absolute Gasteiger partial charge is 0.422 e. The number of halogens is 4. The van der Waals surface area contributed by atoms with Crippen molar-refractivity contribution in [3.8, 4) is 11.9 Å². The Hall–Kier alpha value is -6.24. The van der Waals surface area contributed by atoms with Crippen molar-refractivity contribution in [3.05, 3.63) is 83.0 Å². The summed E-state index contributed by atoms with van der Waals surface area (Å²) in [5.41, 5.74) is 0.684. The van der Waals surface area contributed by atoms with E-state index in [0.29, 0.717) is 23.6 Å². The number of aliphatic carboxylic acids is 1. The maximum Gasteiger partial charge on any atom is 0.422 e. The highest BCUT2D eigenvalue weighted by molar-refractivity contribution is 6.39. The Morgan fingerprint density at radius 3 is 2.18 bits per heavy atom.